The molecule has 0 aliphatic carbocycles. The van der Waals surface area contributed by atoms with Gasteiger partial charge in [0.15, 0.2) is 0 Å². The van der Waals surface area contributed by atoms with Crippen molar-refractivity contribution in [3.63, 3.8) is 0 Å². The molecule has 2 N–H and O–H groups in total. The number of carbonyl (C=O) groups is 1. The highest BCUT2D eigenvalue weighted by Gasteiger charge is 2.21. The summed E-state index contributed by atoms with van der Waals surface area (Å²) in [5.41, 5.74) is 1.78. The van der Waals surface area contributed by atoms with Crippen molar-refractivity contribution in [2.24, 2.45) is 0 Å². The SMILES string of the molecule is O=C(Nc1cccc(-c2nccs2)c1)C1COCCN1. The van der Waals surface area contributed by atoms with Crippen LogP contribution in [0, 0.1) is 0 Å². The topological polar surface area (TPSA) is 63.2 Å². The Hall–Kier alpha value is -1.76. The number of ether oxygens (including phenoxy) is 1. The fourth-order valence-electron chi connectivity index (χ4n) is 2.06. The van der Waals surface area contributed by atoms with Crippen molar-refractivity contribution in [3.05, 3.63) is 35.8 Å². The molecular formula is C14H15N3O2S. The van der Waals surface area contributed by atoms with Crippen LogP contribution in [-0.2, 0) is 9.53 Å². The third-order valence-corrected chi connectivity index (χ3v) is 3.87. The lowest BCUT2D eigenvalue weighted by Gasteiger charge is -2.22. The van der Waals surface area contributed by atoms with E-state index in [0.29, 0.717) is 19.8 Å². The van der Waals surface area contributed by atoms with Gasteiger partial charge < -0.3 is 15.4 Å². The molecule has 1 aliphatic rings. The van der Waals surface area contributed by atoms with Gasteiger partial charge in [0.1, 0.15) is 11.0 Å². The summed E-state index contributed by atoms with van der Waals surface area (Å²) in [5, 5.41) is 8.92. The maximum atomic E-state index is 12.1. The summed E-state index contributed by atoms with van der Waals surface area (Å²) < 4.78 is 5.29. The zero-order chi connectivity index (χ0) is 13.8. The number of rotatable bonds is 3. The molecule has 0 radical (unpaired) electrons. The van der Waals surface area contributed by atoms with Gasteiger partial charge in [0, 0.05) is 29.4 Å². The highest BCUT2D eigenvalue weighted by atomic mass is 32.1. The molecule has 5 nitrogen and oxygen atoms in total. The Labute approximate surface area is 121 Å². The summed E-state index contributed by atoms with van der Waals surface area (Å²) in [6.45, 7) is 1.78. The van der Waals surface area contributed by atoms with Gasteiger partial charge in [0.25, 0.3) is 0 Å². The number of nitrogens with zero attached hydrogens (tertiary/aromatic N) is 1. The smallest absolute Gasteiger partial charge is 0.243 e. The van der Waals surface area contributed by atoms with Gasteiger partial charge in [-0.1, -0.05) is 12.1 Å². The Kier molecular flexibility index (Phi) is 4.05. The van der Waals surface area contributed by atoms with E-state index in [1.807, 2.05) is 29.6 Å². The van der Waals surface area contributed by atoms with E-state index in [4.69, 9.17) is 4.74 Å². The Morgan fingerprint density at radius 1 is 1.50 bits per heavy atom. The van der Waals surface area contributed by atoms with Gasteiger partial charge in [0.2, 0.25) is 5.91 Å². The van der Waals surface area contributed by atoms with E-state index in [1.54, 1.807) is 17.5 Å². The first-order chi connectivity index (χ1) is 9.83. The number of aromatic nitrogens is 1. The van der Waals surface area contributed by atoms with Crippen LogP contribution in [0.4, 0.5) is 5.69 Å². The van der Waals surface area contributed by atoms with Crippen LogP contribution >= 0.6 is 11.3 Å². The molecule has 1 atom stereocenters. The van der Waals surface area contributed by atoms with E-state index in [-0.39, 0.29) is 11.9 Å². The number of hydrogen-bond donors (Lipinski definition) is 2. The van der Waals surface area contributed by atoms with Crippen LogP contribution in [0.25, 0.3) is 10.6 Å². The van der Waals surface area contributed by atoms with Gasteiger partial charge in [-0.25, -0.2) is 4.98 Å². The second-order valence-electron chi connectivity index (χ2n) is 4.49. The molecule has 0 bridgehead atoms. The average molecular weight is 289 g/mol. The first kappa shape index (κ1) is 13.2. The molecule has 2 heterocycles. The summed E-state index contributed by atoms with van der Waals surface area (Å²) >= 11 is 1.58. The lowest BCUT2D eigenvalue weighted by Crippen LogP contribution is -2.48. The average Bonchev–Trinajstić information content (AvgIpc) is 3.03. The molecule has 1 aliphatic heterocycles. The Morgan fingerprint density at radius 2 is 2.45 bits per heavy atom. The number of nitrogens with one attached hydrogen (secondary N) is 2. The van der Waals surface area contributed by atoms with E-state index in [9.17, 15) is 4.79 Å². The first-order valence-corrected chi connectivity index (χ1v) is 7.33. The summed E-state index contributed by atoms with van der Waals surface area (Å²) in [5.74, 6) is -0.0685. The fraction of sp³-hybridized carbons (Fsp3) is 0.286. The Bertz CT molecular complexity index is 580. The standard InChI is InChI=1S/C14H15N3O2S/c18-13(12-9-19-6-4-15-12)17-11-3-1-2-10(8-11)14-16-5-7-20-14/h1-3,5,7-8,12,15H,4,6,9H2,(H,17,18). The minimum Gasteiger partial charge on any atom is -0.378 e. The zero-order valence-electron chi connectivity index (χ0n) is 10.8. The third kappa shape index (κ3) is 3.04. The number of carbonyl (C=O) groups excluding carboxylic acids is 1. The molecule has 1 aromatic carbocycles. The summed E-state index contributed by atoms with van der Waals surface area (Å²) in [4.78, 5) is 16.4. The van der Waals surface area contributed by atoms with E-state index >= 15 is 0 Å². The predicted molar refractivity (Wildman–Crippen MR) is 78.8 cm³/mol. The van der Waals surface area contributed by atoms with Crippen LogP contribution in [0.5, 0.6) is 0 Å². The number of thiazole rings is 1. The molecule has 3 rings (SSSR count). The van der Waals surface area contributed by atoms with Crippen molar-refractivity contribution in [3.8, 4) is 10.6 Å². The Morgan fingerprint density at radius 3 is 3.20 bits per heavy atom. The van der Waals surface area contributed by atoms with Gasteiger partial charge in [-0.15, -0.1) is 11.3 Å². The van der Waals surface area contributed by atoms with Crippen LogP contribution in [0.3, 0.4) is 0 Å². The van der Waals surface area contributed by atoms with E-state index in [0.717, 1.165) is 16.3 Å². The lowest BCUT2D eigenvalue weighted by molar-refractivity contribution is -0.120. The highest BCUT2D eigenvalue weighted by molar-refractivity contribution is 7.13. The van der Waals surface area contributed by atoms with Crippen LogP contribution in [0.1, 0.15) is 0 Å². The maximum absolute atomic E-state index is 12.1. The normalized spacial score (nSPS) is 18.7. The Balaban J connectivity index is 1.71. The van der Waals surface area contributed by atoms with Gasteiger partial charge in [0.05, 0.1) is 13.2 Å². The number of benzene rings is 1. The summed E-state index contributed by atoms with van der Waals surface area (Å²) in [7, 11) is 0. The van der Waals surface area contributed by atoms with Crippen LogP contribution < -0.4 is 10.6 Å². The second kappa shape index (κ2) is 6.13. The predicted octanol–water partition coefficient (Wildman–Crippen LogP) is 1.74. The molecule has 1 aromatic heterocycles. The van der Waals surface area contributed by atoms with Crippen molar-refractivity contribution in [1.29, 1.82) is 0 Å². The largest absolute Gasteiger partial charge is 0.378 e. The molecule has 1 fully saturated rings. The van der Waals surface area contributed by atoms with Crippen LogP contribution in [-0.4, -0.2) is 36.7 Å². The summed E-state index contributed by atoms with van der Waals surface area (Å²) in [6.07, 6.45) is 1.77. The minimum atomic E-state index is -0.285. The van der Waals surface area contributed by atoms with Crippen molar-refractivity contribution in [2.45, 2.75) is 6.04 Å². The molecule has 1 unspecified atom stereocenters. The third-order valence-electron chi connectivity index (χ3n) is 3.05. The molecular weight excluding hydrogens is 274 g/mol. The van der Waals surface area contributed by atoms with Crippen molar-refractivity contribution < 1.29 is 9.53 Å². The van der Waals surface area contributed by atoms with E-state index in [2.05, 4.69) is 15.6 Å². The molecule has 104 valence electrons. The minimum absolute atomic E-state index is 0.0685. The lowest BCUT2D eigenvalue weighted by atomic mass is 10.2. The zero-order valence-corrected chi connectivity index (χ0v) is 11.7. The molecule has 2 aromatic rings. The first-order valence-electron chi connectivity index (χ1n) is 6.45. The van der Waals surface area contributed by atoms with Gasteiger partial charge in [-0.3, -0.25) is 4.79 Å². The van der Waals surface area contributed by atoms with Crippen molar-refractivity contribution in [2.75, 3.05) is 25.1 Å². The number of amides is 1. The molecule has 0 saturated carbocycles. The van der Waals surface area contributed by atoms with Gasteiger partial charge in [-0.2, -0.15) is 0 Å². The maximum Gasteiger partial charge on any atom is 0.243 e. The van der Waals surface area contributed by atoms with Gasteiger partial charge >= 0.3 is 0 Å². The number of hydrogen-bond acceptors (Lipinski definition) is 5. The molecule has 1 amide bonds. The number of anilines is 1. The van der Waals surface area contributed by atoms with E-state index < -0.39 is 0 Å². The van der Waals surface area contributed by atoms with Gasteiger partial charge in [-0.05, 0) is 12.1 Å². The second-order valence-corrected chi connectivity index (χ2v) is 5.38. The molecule has 1 saturated heterocycles. The fourth-order valence-corrected chi connectivity index (χ4v) is 2.69. The quantitative estimate of drug-likeness (QED) is 0.903. The van der Waals surface area contributed by atoms with E-state index in [1.165, 1.54) is 0 Å². The van der Waals surface area contributed by atoms with Crippen LogP contribution in [0.15, 0.2) is 35.8 Å². The summed E-state index contributed by atoms with van der Waals surface area (Å²) in [6, 6.07) is 7.42. The van der Waals surface area contributed by atoms with Crippen molar-refractivity contribution in [1.82, 2.24) is 10.3 Å². The number of morpholine rings is 1. The van der Waals surface area contributed by atoms with Crippen LogP contribution in [0.2, 0.25) is 0 Å². The monoisotopic (exact) mass is 289 g/mol. The highest BCUT2D eigenvalue weighted by Crippen LogP contribution is 2.24. The molecule has 20 heavy (non-hydrogen) atoms. The molecule has 0 spiro atoms. The van der Waals surface area contributed by atoms with Crippen molar-refractivity contribution >= 4 is 22.9 Å². The molecule has 6 heteroatoms.